The minimum Gasteiger partial charge on any atom is -0.297 e. The number of pyridine rings is 1. The molecule has 3 heterocycles. The van der Waals surface area contributed by atoms with Crippen LogP contribution in [-0.2, 0) is 6.42 Å². The summed E-state index contributed by atoms with van der Waals surface area (Å²) in [5, 5.41) is 9.57. The number of aromatic nitrogens is 3. The minimum absolute atomic E-state index is 0.290. The van der Waals surface area contributed by atoms with Crippen molar-refractivity contribution in [2.75, 3.05) is 13.1 Å². The summed E-state index contributed by atoms with van der Waals surface area (Å²) < 4.78 is 2.08. The zero-order valence-corrected chi connectivity index (χ0v) is 17.1. The molecular formula is C23H27ClN4. The number of hydrogen-bond acceptors (Lipinski definition) is 3. The molecule has 0 bridgehead atoms. The number of rotatable bonds is 5. The predicted molar refractivity (Wildman–Crippen MR) is 113 cm³/mol. The Morgan fingerprint density at radius 3 is 2.50 bits per heavy atom. The maximum Gasteiger partial charge on any atom is 0.179 e. The molecule has 0 amide bonds. The van der Waals surface area contributed by atoms with E-state index in [1.165, 1.54) is 31.2 Å². The Morgan fingerprint density at radius 1 is 1.04 bits per heavy atom. The molecule has 0 N–H and O–H groups in total. The first-order chi connectivity index (χ1) is 13.7. The monoisotopic (exact) mass is 394 g/mol. The van der Waals surface area contributed by atoms with Gasteiger partial charge in [0.15, 0.2) is 5.65 Å². The molecule has 146 valence electrons. The van der Waals surface area contributed by atoms with Gasteiger partial charge in [0.25, 0.3) is 0 Å². The fraction of sp³-hybridized carbons (Fsp3) is 0.478. The summed E-state index contributed by atoms with van der Waals surface area (Å²) in [7, 11) is 0. The standard InChI is InChI=1S/C23H27ClN4/c1-16(27-12-9-19(10-13-27)18-5-3-2-4-6-18)20-11-14-28-21(15-17-7-8-17)25-26-23(28)22(20)24/h2-6,11,14,16-17,19H,7-10,12-13,15H2,1H3. The Kier molecular flexibility index (Phi) is 4.85. The molecule has 0 radical (unpaired) electrons. The van der Waals surface area contributed by atoms with Gasteiger partial charge in [-0.15, -0.1) is 10.2 Å². The molecule has 1 aliphatic heterocycles. The summed E-state index contributed by atoms with van der Waals surface area (Å²) in [6.07, 6.45) is 8.16. The Balaban J connectivity index is 1.32. The summed E-state index contributed by atoms with van der Waals surface area (Å²) in [5.74, 6) is 2.50. The second-order valence-electron chi connectivity index (χ2n) is 8.44. The molecule has 2 fully saturated rings. The van der Waals surface area contributed by atoms with Gasteiger partial charge in [0.1, 0.15) is 5.82 Å². The highest BCUT2D eigenvalue weighted by Crippen LogP contribution is 2.36. The molecule has 5 heteroatoms. The predicted octanol–water partition coefficient (Wildman–Crippen LogP) is 5.28. The molecule has 2 aromatic heterocycles. The average molecular weight is 395 g/mol. The molecule has 1 saturated carbocycles. The lowest BCUT2D eigenvalue weighted by atomic mass is 9.88. The van der Waals surface area contributed by atoms with E-state index in [0.717, 1.165) is 47.5 Å². The molecule has 1 aliphatic carbocycles. The highest BCUT2D eigenvalue weighted by molar-refractivity contribution is 6.34. The summed E-state index contributed by atoms with van der Waals surface area (Å²) in [6.45, 7) is 4.46. The van der Waals surface area contributed by atoms with Gasteiger partial charge < -0.3 is 0 Å². The second-order valence-corrected chi connectivity index (χ2v) is 8.82. The third-order valence-corrected chi connectivity index (χ3v) is 6.97. The Hall–Kier alpha value is -1.91. The average Bonchev–Trinajstić information content (AvgIpc) is 3.47. The lowest BCUT2D eigenvalue weighted by Crippen LogP contribution is -2.35. The smallest absolute Gasteiger partial charge is 0.179 e. The normalized spacial score (nSPS) is 19.9. The van der Waals surface area contributed by atoms with Crippen LogP contribution in [0.4, 0.5) is 0 Å². The topological polar surface area (TPSA) is 33.4 Å². The van der Waals surface area contributed by atoms with Crippen LogP contribution in [0.15, 0.2) is 42.6 Å². The molecule has 5 rings (SSSR count). The zero-order chi connectivity index (χ0) is 19.1. The van der Waals surface area contributed by atoms with Crippen molar-refractivity contribution in [2.24, 2.45) is 5.92 Å². The molecule has 1 unspecified atom stereocenters. The summed E-state index contributed by atoms with van der Waals surface area (Å²) in [4.78, 5) is 2.55. The number of halogens is 1. The fourth-order valence-electron chi connectivity index (χ4n) is 4.57. The van der Waals surface area contributed by atoms with E-state index in [1.54, 1.807) is 0 Å². The molecular weight excluding hydrogens is 368 g/mol. The van der Waals surface area contributed by atoms with E-state index in [4.69, 9.17) is 11.6 Å². The van der Waals surface area contributed by atoms with E-state index in [0.29, 0.717) is 5.92 Å². The fourth-order valence-corrected chi connectivity index (χ4v) is 4.92. The van der Waals surface area contributed by atoms with Gasteiger partial charge in [0, 0.05) is 18.7 Å². The van der Waals surface area contributed by atoms with E-state index in [-0.39, 0.29) is 6.04 Å². The number of fused-ring (bicyclic) bond motifs is 1. The van der Waals surface area contributed by atoms with E-state index in [2.05, 4.69) is 69.0 Å². The molecule has 2 aliphatic rings. The molecule has 1 aromatic carbocycles. The summed E-state index contributed by atoms with van der Waals surface area (Å²) >= 11 is 6.80. The highest BCUT2D eigenvalue weighted by atomic mass is 35.5. The van der Waals surface area contributed by atoms with E-state index in [9.17, 15) is 0 Å². The van der Waals surface area contributed by atoms with Gasteiger partial charge >= 0.3 is 0 Å². The van der Waals surface area contributed by atoms with Crippen LogP contribution in [-0.4, -0.2) is 32.6 Å². The third kappa shape index (κ3) is 3.44. The van der Waals surface area contributed by atoms with Crippen LogP contribution < -0.4 is 0 Å². The van der Waals surface area contributed by atoms with E-state index in [1.807, 2.05) is 0 Å². The highest BCUT2D eigenvalue weighted by Gasteiger charge is 2.28. The number of piperidine rings is 1. The second kappa shape index (κ2) is 7.49. The van der Waals surface area contributed by atoms with Crippen molar-refractivity contribution in [3.05, 3.63) is 64.6 Å². The minimum atomic E-state index is 0.290. The SMILES string of the molecule is CC(c1ccn2c(CC3CC3)nnc2c1Cl)N1CCC(c2ccccc2)CC1. The lowest BCUT2D eigenvalue weighted by Gasteiger charge is -2.36. The van der Waals surface area contributed by atoms with Crippen molar-refractivity contribution in [3.63, 3.8) is 0 Å². The lowest BCUT2D eigenvalue weighted by molar-refractivity contribution is 0.162. The zero-order valence-electron chi connectivity index (χ0n) is 16.4. The van der Waals surface area contributed by atoms with Gasteiger partial charge in [-0.1, -0.05) is 41.9 Å². The maximum absolute atomic E-state index is 6.80. The third-order valence-electron chi connectivity index (χ3n) is 6.59. The first-order valence-corrected chi connectivity index (χ1v) is 10.9. The Bertz CT molecular complexity index is 955. The van der Waals surface area contributed by atoms with Crippen LogP contribution in [0.5, 0.6) is 0 Å². The quantitative estimate of drug-likeness (QED) is 0.590. The van der Waals surface area contributed by atoms with Gasteiger partial charge in [-0.05, 0) is 74.7 Å². The van der Waals surface area contributed by atoms with Crippen LogP contribution in [0.2, 0.25) is 5.02 Å². The number of benzene rings is 1. The van der Waals surface area contributed by atoms with Crippen LogP contribution in [0.25, 0.3) is 5.65 Å². The summed E-state index contributed by atoms with van der Waals surface area (Å²) in [6, 6.07) is 13.4. The molecule has 0 spiro atoms. The Labute approximate surface area is 171 Å². The number of nitrogens with zero attached hydrogens (tertiary/aromatic N) is 4. The van der Waals surface area contributed by atoms with Gasteiger partial charge in [0.2, 0.25) is 0 Å². The molecule has 3 aromatic rings. The summed E-state index contributed by atoms with van der Waals surface area (Å²) in [5.41, 5.74) is 3.44. The van der Waals surface area contributed by atoms with Crippen molar-refractivity contribution < 1.29 is 0 Å². The van der Waals surface area contributed by atoms with Crippen molar-refractivity contribution in [1.29, 1.82) is 0 Å². The van der Waals surface area contributed by atoms with Crippen LogP contribution in [0.1, 0.15) is 61.5 Å². The van der Waals surface area contributed by atoms with Crippen LogP contribution in [0, 0.1) is 5.92 Å². The molecule has 28 heavy (non-hydrogen) atoms. The number of likely N-dealkylation sites (tertiary alicyclic amines) is 1. The van der Waals surface area contributed by atoms with Crippen LogP contribution >= 0.6 is 11.6 Å². The molecule has 1 atom stereocenters. The van der Waals surface area contributed by atoms with Crippen molar-refractivity contribution >= 4 is 17.2 Å². The van der Waals surface area contributed by atoms with Gasteiger partial charge in [0.05, 0.1) is 5.02 Å². The van der Waals surface area contributed by atoms with E-state index < -0.39 is 0 Å². The number of hydrogen-bond donors (Lipinski definition) is 0. The van der Waals surface area contributed by atoms with Crippen molar-refractivity contribution in [3.8, 4) is 0 Å². The van der Waals surface area contributed by atoms with Crippen molar-refractivity contribution in [2.45, 2.75) is 51.0 Å². The van der Waals surface area contributed by atoms with Gasteiger partial charge in [-0.3, -0.25) is 9.30 Å². The Morgan fingerprint density at radius 2 is 1.79 bits per heavy atom. The maximum atomic E-state index is 6.80. The van der Waals surface area contributed by atoms with E-state index >= 15 is 0 Å². The first-order valence-electron chi connectivity index (χ1n) is 10.5. The van der Waals surface area contributed by atoms with Gasteiger partial charge in [-0.25, -0.2) is 0 Å². The van der Waals surface area contributed by atoms with Gasteiger partial charge in [-0.2, -0.15) is 0 Å². The molecule has 1 saturated heterocycles. The largest absolute Gasteiger partial charge is 0.297 e. The van der Waals surface area contributed by atoms with Crippen molar-refractivity contribution in [1.82, 2.24) is 19.5 Å². The van der Waals surface area contributed by atoms with Crippen LogP contribution in [0.3, 0.4) is 0 Å². The first kappa shape index (κ1) is 18.1. The molecule has 4 nitrogen and oxygen atoms in total.